The van der Waals surface area contributed by atoms with Gasteiger partial charge >= 0.3 is 11.8 Å². The maximum Gasteiger partial charge on any atom is 0.366 e. The highest BCUT2D eigenvalue weighted by molar-refractivity contribution is 6.07. The minimum atomic E-state index is -0.851. The first-order valence-corrected chi connectivity index (χ1v) is 8.96. The van der Waals surface area contributed by atoms with Crippen molar-refractivity contribution in [1.29, 1.82) is 0 Å². The fraction of sp³-hybridized carbons (Fsp3) is 0.263. The average molecular weight is 414 g/mol. The Morgan fingerprint density at radius 2 is 2.03 bits per heavy atom. The fourth-order valence-corrected chi connectivity index (χ4v) is 2.92. The number of hydrogen-bond acceptors (Lipinski definition) is 8. The van der Waals surface area contributed by atoms with Crippen LogP contribution >= 0.6 is 0 Å². The molecule has 1 atom stereocenters. The Bertz CT molecular complexity index is 1020. The van der Waals surface area contributed by atoms with Gasteiger partial charge in [0, 0.05) is 6.07 Å². The zero-order chi connectivity index (χ0) is 21.8. The average Bonchev–Trinajstić information content (AvgIpc) is 2.74. The van der Waals surface area contributed by atoms with Crippen LogP contribution in [0, 0.1) is 10.1 Å². The molecule has 2 aromatic rings. The number of nitrogens with one attached hydrogen (secondary N) is 1. The monoisotopic (exact) mass is 414 g/mol. The topological polar surface area (TPSA) is 141 Å². The van der Waals surface area contributed by atoms with Crippen molar-refractivity contribution in [2.24, 2.45) is 0 Å². The summed E-state index contributed by atoms with van der Waals surface area (Å²) in [6.45, 7) is 1.26. The summed E-state index contributed by atoms with van der Waals surface area (Å²) in [6.07, 6.45) is -0.519. The lowest BCUT2D eigenvalue weighted by atomic mass is 10.1. The summed E-state index contributed by atoms with van der Waals surface area (Å²) in [5.41, 5.74) is 0.344. The van der Waals surface area contributed by atoms with Crippen molar-refractivity contribution in [1.82, 2.24) is 4.98 Å². The Labute approximate surface area is 170 Å². The van der Waals surface area contributed by atoms with Crippen LogP contribution in [0.1, 0.15) is 23.7 Å². The van der Waals surface area contributed by atoms with Gasteiger partial charge in [-0.25, -0.2) is 4.79 Å². The summed E-state index contributed by atoms with van der Waals surface area (Å²) < 4.78 is 10.2. The Balaban J connectivity index is 1.89. The van der Waals surface area contributed by atoms with E-state index in [0.29, 0.717) is 6.42 Å². The molecule has 0 saturated carbocycles. The number of nitrogens with zero attached hydrogens (tertiary/aromatic N) is 3. The van der Waals surface area contributed by atoms with E-state index in [1.165, 1.54) is 25.3 Å². The number of pyridine rings is 1. The Kier molecular flexibility index (Phi) is 5.90. The van der Waals surface area contributed by atoms with Crippen LogP contribution in [0.25, 0.3) is 0 Å². The van der Waals surface area contributed by atoms with Crippen molar-refractivity contribution in [2.45, 2.75) is 19.4 Å². The molecule has 11 heteroatoms. The Morgan fingerprint density at radius 3 is 2.70 bits per heavy atom. The number of ether oxygens (including phenoxy) is 2. The van der Waals surface area contributed by atoms with Gasteiger partial charge in [-0.1, -0.05) is 19.1 Å². The van der Waals surface area contributed by atoms with Crippen LogP contribution in [-0.2, 0) is 14.3 Å². The van der Waals surface area contributed by atoms with Gasteiger partial charge in [0.2, 0.25) is 5.91 Å². The highest BCUT2D eigenvalue weighted by Crippen LogP contribution is 2.34. The second kappa shape index (κ2) is 8.55. The van der Waals surface area contributed by atoms with E-state index in [9.17, 15) is 24.5 Å². The Morgan fingerprint density at radius 1 is 1.30 bits per heavy atom. The van der Waals surface area contributed by atoms with Gasteiger partial charge < -0.3 is 24.9 Å². The predicted octanol–water partition coefficient (Wildman–Crippen LogP) is 1.92. The summed E-state index contributed by atoms with van der Waals surface area (Å²) >= 11 is 0. The van der Waals surface area contributed by atoms with E-state index in [1.54, 1.807) is 19.1 Å². The molecule has 1 N–H and O–H groups in total. The lowest BCUT2D eigenvalue weighted by molar-refractivity contribution is -0.389. The molecule has 2 heterocycles. The third-order valence-electron chi connectivity index (χ3n) is 4.36. The molecular formula is C19H18N4O7. The van der Waals surface area contributed by atoms with E-state index < -0.39 is 41.2 Å². The number of nitro groups is 1. The molecule has 0 fully saturated rings. The van der Waals surface area contributed by atoms with Gasteiger partial charge in [-0.3, -0.25) is 14.5 Å². The van der Waals surface area contributed by atoms with E-state index in [0.717, 1.165) is 11.0 Å². The first-order chi connectivity index (χ1) is 14.3. The summed E-state index contributed by atoms with van der Waals surface area (Å²) in [5.74, 6) is -2.25. The van der Waals surface area contributed by atoms with Gasteiger partial charge in [-0.2, -0.15) is 0 Å². The molecule has 0 spiro atoms. The van der Waals surface area contributed by atoms with Crippen molar-refractivity contribution < 1.29 is 28.8 Å². The molecule has 1 aromatic carbocycles. The smallest absolute Gasteiger partial charge is 0.366 e. The molecule has 30 heavy (non-hydrogen) atoms. The molecule has 11 nitrogen and oxygen atoms in total. The van der Waals surface area contributed by atoms with Crippen LogP contribution in [0.15, 0.2) is 36.4 Å². The van der Waals surface area contributed by atoms with Crippen LogP contribution in [0.5, 0.6) is 5.75 Å². The fourth-order valence-electron chi connectivity index (χ4n) is 2.92. The van der Waals surface area contributed by atoms with Gasteiger partial charge in [-0.05, 0) is 34.5 Å². The molecule has 0 bridgehead atoms. The van der Waals surface area contributed by atoms with Gasteiger partial charge in [0.25, 0.3) is 11.7 Å². The van der Waals surface area contributed by atoms with E-state index in [1.807, 2.05) is 0 Å². The first kappa shape index (κ1) is 20.7. The number of hydrogen-bond donors (Lipinski definition) is 1. The summed E-state index contributed by atoms with van der Waals surface area (Å²) in [7, 11) is 1.22. The number of para-hydroxylation sites is 1. The van der Waals surface area contributed by atoms with Crippen molar-refractivity contribution in [2.75, 3.05) is 23.9 Å². The van der Waals surface area contributed by atoms with Crippen LogP contribution in [0.3, 0.4) is 0 Å². The molecule has 0 aliphatic carbocycles. The molecule has 1 aliphatic heterocycles. The molecule has 1 aliphatic rings. The third kappa shape index (κ3) is 4.04. The molecule has 156 valence electrons. The first-order valence-electron chi connectivity index (χ1n) is 8.96. The minimum absolute atomic E-state index is 0.115. The second-order valence-corrected chi connectivity index (χ2v) is 6.27. The van der Waals surface area contributed by atoms with Crippen molar-refractivity contribution in [3.05, 3.63) is 52.1 Å². The molecule has 1 aromatic heterocycles. The van der Waals surface area contributed by atoms with Crippen molar-refractivity contribution >= 4 is 35.1 Å². The molecule has 0 saturated heterocycles. The molecule has 0 radical (unpaired) electrons. The Hall–Kier alpha value is -4.02. The zero-order valence-electron chi connectivity index (χ0n) is 16.2. The third-order valence-corrected chi connectivity index (χ3v) is 4.36. The largest absolute Gasteiger partial charge is 0.474 e. The number of methoxy groups -OCH3 is 1. The highest BCUT2D eigenvalue weighted by atomic mass is 16.6. The number of rotatable bonds is 6. The van der Waals surface area contributed by atoms with Gasteiger partial charge in [0.15, 0.2) is 11.9 Å². The van der Waals surface area contributed by atoms with E-state index in [4.69, 9.17) is 9.47 Å². The number of anilines is 2. The number of benzene rings is 1. The SMILES string of the molecule is CCC1Oc2ccc([N+](=O)[O-])nc2N(CC(=O)Nc2ccccc2C(=O)OC)C1=O. The van der Waals surface area contributed by atoms with Gasteiger partial charge in [0.05, 0.1) is 18.4 Å². The lowest BCUT2D eigenvalue weighted by Crippen LogP contribution is -2.49. The van der Waals surface area contributed by atoms with Crippen LogP contribution < -0.4 is 15.0 Å². The summed E-state index contributed by atoms with van der Waals surface area (Å²) in [4.78, 5) is 52.5. The second-order valence-electron chi connectivity index (χ2n) is 6.27. The number of aromatic nitrogens is 1. The number of amides is 2. The highest BCUT2D eigenvalue weighted by Gasteiger charge is 2.39. The van der Waals surface area contributed by atoms with E-state index in [2.05, 4.69) is 10.3 Å². The molecular weight excluding hydrogens is 396 g/mol. The number of carbonyl (C=O) groups excluding carboxylic acids is 3. The molecule has 3 rings (SSSR count). The number of esters is 1. The minimum Gasteiger partial charge on any atom is -0.474 e. The van der Waals surface area contributed by atoms with Crippen LogP contribution in [0.2, 0.25) is 0 Å². The van der Waals surface area contributed by atoms with E-state index >= 15 is 0 Å². The van der Waals surface area contributed by atoms with Gasteiger partial charge in [0.1, 0.15) is 6.54 Å². The summed E-state index contributed by atoms with van der Waals surface area (Å²) in [6, 6.07) is 8.72. The normalized spacial score (nSPS) is 15.1. The van der Waals surface area contributed by atoms with Gasteiger partial charge in [-0.15, -0.1) is 0 Å². The van der Waals surface area contributed by atoms with Crippen molar-refractivity contribution in [3.63, 3.8) is 0 Å². The number of fused-ring (bicyclic) bond motifs is 1. The molecule has 2 amide bonds. The predicted molar refractivity (Wildman–Crippen MR) is 104 cm³/mol. The maximum absolute atomic E-state index is 12.7. The quantitative estimate of drug-likeness (QED) is 0.429. The van der Waals surface area contributed by atoms with Crippen molar-refractivity contribution in [3.8, 4) is 5.75 Å². The summed E-state index contributed by atoms with van der Waals surface area (Å²) in [5, 5.41) is 13.6. The van der Waals surface area contributed by atoms with E-state index in [-0.39, 0.29) is 22.8 Å². The zero-order valence-corrected chi connectivity index (χ0v) is 16.2. The molecule has 1 unspecified atom stereocenters. The van der Waals surface area contributed by atoms with Crippen LogP contribution in [-0.4, -0.2) is 47.4 Å². The number of carbonyl (C=O) groups is 3. The maximum atomic E-state index is 12.7. The van der Waals surface area contributed by atoms with Crippen LogP contribution in [0.4, 0.5) is 17.3 Å². The lowest BCUT2D eigenvalue weighted by Gasteiger charge is -2.30. The standard InChI is InChI=1S/C19H18N4O7/c1-3-13-18(25)22(17-14(30-13)8-9-15(21-17)23(27)28)10-16(24)20-12-7-5-4-6-11(12)19(26)29-2/h4-9,13H,3,10H2,1-2H3,(H,20,24).